The molecule has 0 spiro atoms. The molecule has 20 heavy (non-hydrogen) atoms. The Balaban J connectivity index is 2.10. The number of aliphatic hydroxyl groups is 1. The van der Waals surface area contributed by atoms with Crippen LogP contribution in [-0.2, 0) is 6.54 Å². The first kappa shape index (κ1) is 15.6. The lowest BCUT2D eigenvalue weighted by atomic mass is 10.1. The van der Waals surface area contributed by atoms with Gasteiger partial charge >= 0.3 is 0 Å². The van der Waals surface area contributed by atoms with Crippen molar-refractivity contribution in [1.82, 2.24) is 5.32 Å². The molecular weight excluding hydrogens is 274 g/mol. The number of aliphatic hydroxyl groups excluding tert-OH is 1. The van der Waals surface area contributed by atoms with Crippen LogP contribution in [0.3, 0.4) is 0 Å². The molecule has 112 valence electrons. The second-order valence-corrected chi connectivity index (χ2v) is 5.83. The third kappa shape index (κ3) is 4.37. The van der Waals surface area contributed by atoms with E-state index in [0.29, 0.717) is 5.02 Å². The molecule has 2 atom stereocenters. The lowest BCUT2D eigenvalue weighted by Gasteiger charge is -2.23. The zero-order valence-corrected chi connectivity index (χ0v) is 12.8. The van der Waals surface area contributed by atoms with E-state index < -0.39 is 0 Å². The normalized spacial score (nSPS) is 23.4. The topological polar surface area (TPSA) is 41.5 Å². The summed E-state index contributed by atoms with van der Waals surface area (Å²) in [7, 11) is 0. The Labute approximate surface area is 126 Å². The molecule has 2 N–H and O–H groups in total. The molecular formula is C16H24ClNO2. The van der Waals surface area contributed by atoms with Gasteiger partial charge in [0, 0.05) is 17.1 Å². The fourth-order valence-corrected chi connectivity index (χ4v) is 2.81. The monoisotopic (exact) mass is 297 g/mol. The molecule has 1 aromatic carbocycles. The molecule has 2 unspecified atom stereocenters. The van der Waals surface area contributed by atoms with Gasteiger partial charge < -0.3 is 15.2 Å². The molecule has 0 saturated heterocycles. The van der Waals surface area contributed by atoms with E-state index in [1.165, 1.54) is 6.42 Å². The van der Waals surface area contributed by atoms with Crippen molar-refractivity contribution in [2.75, 3.05) is 6.54 Å². The summed E-state index contributed by atoms with van der Waals surface area (Å²) in [6.45, 7) is 3.70. The molecule has 0 aromatic heterocycles. The van der Waals surface area contributed by atoms with Crippen LogP contribution in [-0.4, -0.2) is 23.9 Å². The summed E-state index contributed by atoms with van der Waals surface area (Å²) in [6, 6.07) is 5.69. The Morgan fingerprint density at radius 1 is 1.30 bits per heavy atom. The summed E-state index contributed by atoms with van der Waals surface area (Å²) >= 11 is 6.06. The van der Waals surface area contributed by atoms with Crippen molar-refractivity contribution in [2.24, 2.45) is 0 Å². The molecule has 3 nitrogen and oxygen atoms in total. The van der Waals surface area contributed by atoms with Crippen molar-refractivity contribution >= 4 is 11.6 Å². The van der Waals surface area contributed by atoms with E-state index in [-0.39, 0.29) is 12.2 Å². The van der Waals surface area contributed by atoms with Gasteiger partial charge in [0.2, 0.25) is 0 Å². The SMILES string of the molecule is CCNCc1cc(Cl)ccc1OC1CCCCCC1O. The van der Waals surface area contributed by atoms with E-state index in [0.717, 1.165) is 50.1 Å². The van der Waals surface area contributed by atoms with E-state index in [2.05, 4.69) is 12.2 Å². The first-order valence-electron chi connectivity index (χ1n) is 7.54. The summed E-state index contributed by atoms with van der Waals surface area (Å²) in [5, 5.41) is 14.2. The van der Waals surface area contributed by atoms with Crippen LogP contribution in [0.25, 0.3) is 0 Å². The molecule has 1 aliphatic carbocycles. The van der Waals surface area contributed by atoms with Gasteiger partial charge in [-0.15, -0.1) is 0 Å². The molecule has 2 rings (SSSR count). The van der Waals surface area contributed by atoms with Crippen LogP contribution in [0.4, 0.5) is 0 Å². The predicted octanol–water partition coefficient (Wildman–Crippen LogP) is 3.52. The number of hydrogen-bond acceptors (Lipinski definition) is 3. The molecule has 1 aliphatic rings. The Hall–Kier alpha value is -0.770. The van der Waals surface area contributed by atoms with Gasteiger partial charge in [0.05, 0.1) is 6.10 Å². The number of hydrogen-bond donors (Lipinski definition) is 2. The Kier molecular flexibility index (Phi) is 6.14. The number of rotatable bonds is 5. The maximum atomic E-state index is 10.2. The van der Waals surface area contributed by atoms with Gasteiger partial charge in [-0.3, -0.25) is 0 Å². The fraction of sp³-hybridized carbons (Fsp3) is 0.625. The van der Waals surface area contributed by atoms with Crippen molar-refractivity contribution < 1.29 is 9.84 Å². The smallest absolute Gasteiger partial charge is 0.124 e. The Bertz CT molecular complexity index is 425. The Morgan fingerprint density at radius 3 is 2.90 bits per heavy atom. The first-order valence-corrected chi connectivity index (χ1v) is 7.92. The first-order chi connectivity index (χ1) is 9.70. The minimum atomic E-state index is -0.361. The third-order valence-corrected chi connectivity index (χ3v) is 4.02. The molecule has 0 amide bonds. The van der Waals surface area contributed by atoms with E-state index >= 15 is 0 Å². The van der Waals surface area contributed by atoms with Crippen molar-refractivity contribution in [3.8, 4) is 5.75 Å². The third-order valence-electron chi connectivity index (χ3n) is 3.78. The van der Waals surface area contributed by atoms with E-state index in [1.54, 1.807) is 0 Å². The molecule has 0 bridgehead atoms. The number of benzene rings is 1. The molecule has 0 radical (unpaired) electrons. The number of halogens is 1. The van der Waals surface area contributed by atoms with Gasteiger partial charge in [-0.25, -0.2) is 0 Å². The standard InChI is InChI=1S/C16H24ClNO2/c1-2-18-11-12-10-13(17)8-9-15(12)20-16-7-5-3-4-6-14(16)19/h8-10,14,16,18-19H,2-7,11H2,1H3. The largest absolute Gasteiger partial charge is 0.487 e. The van der Waals surface area contributed by atoms with Gasteiger partial charge in [-0.2, -0.15) is 0 Å². The average Bonchev–Trinajstić information content (AvgIpc) is 2.64. The number of ether oxygens (including phenoxy) is 1. The van der Waals surface area contributed by atoms with Crippen LogP contribution >= 0.6 is 11.6 Å². The fourth-order valence-electron chi connectivity index (χ4n) is 2.62. The van der Waals surface area contributed by atoms with Crippen LogP contribution in [0.1, 0.15) is 44.6 Å². The highest BCUT2D eigenvalue weighted by molar-refractivity contribution is 6.30. The maximum Gasteiger partial charge on any atom is 0.124 e. The second-order valence-electron chi connectivity index (χ2n) is 5.39. The molecule has 1 fully saturated rings. The summed E-state index contributed by atoms with van der Waals surface area (Å²) < 4.78 is 6.08. The predicted molar refractivity (Wildman–Crippen MR) is 82.3 cm³/mol. The molecule has 0 aliphatic heterocycles. The molecule has 4 heteroatoms. The Morgan fingerprint density at radius 2 is 2.10 bits per heavy atom. The van der Waals surface area contributed by atoms with E-state index in [1.807, 2.05) is 18.2 Å². The van der Waals surface area contributed by atoms with Gasteiger partial charge in [-0.05, 0) is 44.0 Å². The minimum absolute atomic E-state index is 0.0981. The van der Waals surface area contributed by atoms with E-state index in [9.17, 15) is 5.11 Å². The summed E-state index contributed by atoms with van der Waals surface area (Å²) in [6.07, 6.45) is 4.69. The second kappa shape index (κ2) is 7.87. The zero-order valence-electron chi connectivity index (χ0n) is 12.1. The van der Waals surface area contributed by atoms with Gasteiger partial charge in [0.25, 0.3) is 0 Å². The zero-order chi connectivity index (χ0) is 14.4. The summed E-state index contributed by atoms with van der Waals surface area (Å²) in [5.74, 6) is 0.835. The van der Waals surface area contributed by atoms with E-state index in [4.69, 9.17) is 16.3 Å². The molecule has 1 aromatic rings. The van der Waals surface area contributed by atoms with Crippen LogP contribution in [0.2, 0.25) is 5.02 Å². The van der Waals surface area contributed by atoms with Crippen molar-refractivity contribution in [1.29, 1.82) is 0 Å². The molecule has 0 heterocycles. The highest BCUT2D eigenvalue weighted by Gasteiger charge is 2.24. The lowest BCUT2D eigenvalue weighted by Crippen LogP contribution is -2.31. The lowest BCUT2D eigenvalue weighted by molar-refractivity contribution is 0.0314. The summed E-state index contributed by atoms with van der Waals surface area (Å²) in [5.41, 5.74) is 1.05. The average molecular weight is 298 g/mol. The van der Waals surface area contributed by atoms with Crippen LogP contribution in [0, 0.1) is 0 Å². The van der Waals surface area contributed by atoms with Gasteiger partial charge in [-0.1, -0.05) is 31.4 Å². The van der Waals surface area contributed by atoms with Crippen LogP contribution < -0.4 is 10.1 Å². The van der Waals surface area contributed by atoms with Crippen molar-refractivity contribution in [3.63, 3.8) is 0 Å². The summed E-state index contributed by atoms with van der Waals surface area (Å²) in [4.78, 5) is 0. The minimum Gasteiger partial charge on any atom is -0.487 e. The quantitative estimate of drug-likeness (QED) is 0.817. The van der Waals surface area contributed by atoms with Crippen molar-refractivity contribution in [3.05, 3.63) is 28.8 Å². The van der Waals surface area contributed by atoms with Crippen LogP contribution in [0.5, 0.6) is 5.75 Å². The van der Waals surface area contributed by atoms with Crippen molar-refractivity contribution in [2.45, 2.75) is 57.8 Å². The number of nitrogens with one attached hydrogen (secondary N) is 1. The van der Waals surface area contributed by atoms with Gasteiger partial charge in [0.15, 0.2) is 0 Å². The highest BCUT2D eigenvalue weighted by atomic mass is 35.5. The van der Waals surface area contributed by atoms with Gasteiger partial charge in [0.1, 0.15) is 11.9 Å². The molecule has 1 saturated carbocycles. The maximum absolute atomic E-state index is 10.2. The highest BCUT2D eigenvalue weighted by Crippen LogP contribution is 2.28. The van der Waals surface area contributed by atoms with Crippen LogP contribution in [0.15, 0.2) is 18.2 Å².